The largest absolute Gasteiger partial charge is 0.284 e. The van der Waals surface area contributed by atoms with Gasteiger partial charge in [0.05, 0.1) is 6.20 Å². The number of aromatic amines is 1. The summed E-state index contributed by atoms with van der Waals surface area (Å²) in [6, 6.07) is 1.92. The van der Waals surface area contributed by atoms with Crippen molar-refractivity contribution in [2.75, 3.05) is 13.1 Å². The van der Waals surface area contributed by atoms with E-state index in [0.29, 0.717) is 13.1 Å². The SMILES string of the molecule is Cc1cc(C)nc(C2CCN(S(=O)(=O)c3cn[nH]c3)C2)n1. The van der Waals surface area contributed by atoms with Crippen LogP contribution >= 0.6 is 0 Å². The normalized spacial score (nSPS) is 20.0. The first kappa shape index (κ1) is 14.2. The Morgan fingerprint density at radius 3 is 2.62 bits per heavy atom. The van der Waals surface area contributed by atoms with Gasteiger partial charge in [-0.05, 0) is 26.3 Å². The first-order valence-corrected chi connectivity index (χ1v) is 8.22. The Kier molecular flexibility index (Phi) is 3.50. The molecule has 0 aliphatic carbocycles. The molecule has 1 aliphatic rings. The third-order valence-corrected chi connectivity index (χ3v) is 5.46. The molecule has 1 N–H and O–H groups in total. The van der Waals surface area contributed by atoms with Crippen LogP contribution in [0, 0.1) is 13.8 Å². The van der Waals surface area contributed by atoms with E-state index in [1.807, 2.05) is 19.9 Å². The summed E-state index contributed by atoms with van der Waals surface area (Å²) < 4.78 is 26.3. The topological polar surface area (TPSA) is 91.8 Å². The minimum absolute atomic E-state index is 0.0466. The van der Waals surface area contributed by atoms with E-state index in [-0.39, 0.29) is 10.8 Å². The van der Waals surface area contributed by atoms with E-state index in [4.69, 9.17) is 0 Å². The standard InChI is InChI=1S/C13H17N5O2S/c1-9-5-10(2)17-13(16-9)11-3-4-18(8-11)21(19,20)12-6-14-15-7-12/h5-7,11H,3-4,8H2,1-2H3,(H,14,15). The Bertz CT molecular complexity index is 722. The van der Waals surface area contributed by atoms with E-state index in [9.17, 15) is 8.42 Å². The van der Waals surface area contributed by atoms with Crippen molar-refractivity contribution in [3.8, 4) is 0 Å². The number of nitrogens with zero attached hydrogens (tertiary/aromatic N) is 4. The molecular formula is C13H17N5O2S. The van der Waals surface area contributed by atoms with Gasteiger partial charge in [0.25, 0.3) is 0 Å². The number of aryl methyl sites for hydroxylation is 2. The van der Waals surface area contributed by atoms with Crippen LogP contribution in [0.4, 0.5) is 0 Å². The average Bonchev–Trinajstić information content (AvgIpc) is 3.10. The van der Waals surface area contributed by atoms with Gasteiger partial charge in [0, 0.05) is 36.6 Å². The fraction of sp³-hybridized carbons (Fsp3) is 0.462. The van der Waals surface area contributed by atoms with Crippen molar-refractivity contribution in [2.45, 2.75) is 31.1 Å². The van der Waals surface area contributed by atoms with E-state index in [1.54, 1.807) is 0 Å². The van der Waals surface area contributed by atoms with Crippen LogP contribution in [0.5, 0.6) is 0 Å². The van der Waals surface area contributed by atoms with Crippen molar-refractivity contribution in [2.24, 2.45) is 0 Å². The van der Waals surface area contributed by atoms with Crippen molar-refractivity contribution in [1.29, 1.82) is 0 Å². The number of hydrogen-bond donors (Lipinski definition) is 1. The molecule has 0 spiro atoms. The van der Waals surface area contributed by atoms with E-state index in [0.717, 1.165) is 23.6 Å². The Morgan fingerprint density at radius 1 is 1.29 bits per heavy atom. The Morgan fingerprint density at radius 2 is 2.00 bits per heavy atom. The van der Waals surface area contributed by atoms with Crippen molar-refractivity contribution >= 4 is 10.0 Å². The summed E-state index contributed by atoms with van der Waals surface area (Å²) in [4.78, 5) is 9.09. The van der Waals surface area contributed by atoms with Gasteiger partial charge in [-0.3, -0.25) is 5.10 Å². The van der Waals surface area contributed by atoms with E-state index >= 15 is 0 Å². The van der Waals surface area contributed by atoms with Crippen LogP contribution in [0.25, 0.3) is 0 Å². The van der Waals surface area contributed by atoms with E-state index in [1.165, 1.54) is 16.7 Å². The maximum Gasteiger partial charge on any atom is 0.246 e. The Labute approximate surface area is 123 Å². The molecule has 1 atom stereocenters. The van der Waals surface area contributed by atoms with Gasteiger partial charge in [-0.25, -0.2) is 18.4 Å². The van der Waals surface area contributed by atoms with Crippen LogP contribution in [0.3, 0.4) is 0 Å². The second-order valence-electron chi connectivity index (χ2n) is 5.29. The van der Waals surface area contributed by atoms with Crippen molar-refractivity contribution in [3.05, 3.63) is 35.7 Å². The minimum Gasteiger partial charge on any atom is -0.284 e. The van der Waals surface area contributed by atoms with Gasteiger partial charge in [-0.15, -0.1) is 0 Å². The Hall–Kier alpha value is -1.80. The van der Waals surface area contributed by atoms with Gasteiger partial charge in [-0.1, -0.05) is 0 Å². The molecule has 1 aliphatic heterocycles. The number of hydrogen-bond acceptors (Lipinski definition) is 5. The number of aromatic nitrogens is 4. The molecular weight excluding hydrogens is 290 g/mol. The molecule has 1 fully saturated rings. The summed E-state index contributed by atoms with van der Waals surface area (Å²) in [6.45, 7) is 4.74. The highest BCUT2D eigenvalue weighted by molar-refractivity contribution is 7.89. The van der Waals surface area contributed by atoms with Crippen LogP contribution in [-0.2, 0) is 10.0 Å². The molecule has 0 amide bonds. The molecule has 2 aromatic rings. The second kappa shape index (κ2) is 5.19. The summed E-state index contributed by atoms with van der Waals surface area (Å²) in [5.41, 5.74) is 1.82. The molecule has 8 heteroatoms. The van der Waals surface area contributed by atoms with Crippen LogP contribution in [-0.4, -0.2) is 46.0 Å². The van der Waals surface area contributed by atoms with Gasteiger partial charge >= 0.3 is 0 Å². The summed E-state index contributed by atoms with van der Waals surface area (Å²) in [6.07, 6.45) is 3.46. The maximum absolute atomic E-state index is 12.4. The number of sulfonamides is 1. The second-order valence-corrected chi connectivity index (χ2v) is 7.23. The van der Waals surface area contributed by atoms with Crippen LogP contribution in [0.15, 0.2) is 23.4 Å². The van der Waals surface area contributed by atoms with Crippen molar-refractivity contribution in [1.82, 2.24) is 24.5 Å². The fourth-order valence-electron chi connectivity index (χ4n) is 2.62. The van der Waals surface area contributed by atoms with Gasteiger partial charge < -0.3 is 0 Å². The van der Waals surface area contributed by atoms with Crippen LogP contribution in [0.2, 0.25) is 0 Å². The molecule has 0 aromatic carbocycles. The lowest BCUT2D eigenvalue weighted by molar-refractivity contribution is 0.471. The zero-order valence-electron chi connectivity index (χ0n) is 11.9. The van der Waals surface area contributed by atoms with Gasteiger partial charge in [0.15, 0.2) is 0 Å². The average molecular weight is 307 g/mol. The molecule has 0 radical (unpaired) electrons. The summed E-state index contributed by atoms with van der Waals surface area (Å²) in [5, 5.41) is 6.24. The van der Waals surface area contributed by atoms with E-state index in [2.05, 4.69) is 20.2 Å². The number of nitrogens with one attached hydrogen (secondary N) is 1. The molecule has 112 valence electrons. The highest BCUT2D eigenvalue weighted by Gasteiger charge is 2.35. The summed E-state index contributed by atoms with van der Waals surface area (Å²) in [5.74, 6) is 0.780. The molecule has 0 bridgehead atoms. The fourth-order valence-corrected chi connectivity index (χ4v) is 4.03. The summed E-state index contributed by atoms with van der Waals surface area (Å²) >= 11 is 0. The first-order valence-electron chi connectivity index (χ1n) is 6.78. The van der Waals surface area contributed by atoms with Crippen LogP contribution < -0.4 is 0 Å². The zero-order valence-corrected chi connectivity index (χ0v) is 12.8. The van der Waals surface area contributed by atoms with Crippen molar-refractivity contribution < 1.29 is 8.42 Å². The molecule has 3 rings (SSSR count). The monoisotopic (exact) mass is 307 g/mol. The summed E-state index contributed by atoms with van der Waals surface area (Å²) in [7, 11) is -3.47. The smallest absolute Gasteiger partial charge is 0.246 e. The first-order chi connectivity index (χ1) is 9.96. The lowest BCUT2D eigenvalue weighted by Gasteiger charge is -2.15. The molecule has 3 heterocycles. The zero-order chi connectivity index (χ0) is 15.0. The third kappa shape index (κ3) is 2.68. The highest BCUT2D eigenvalue weighted by Crippen LogP contribution is 2.29. The number of H-pyrrole nitrogens is 1. The predicted octanol–water partition coefficient (Wildman–Crippen LogP) is 0.995. The molecule has 1 unspecified atom stereocenters. The minimum atomic E-state index is -3.47. The Balaban J connectivity index is 1.82. The van der Waals surface area contributed by atoms with Gasteiger partial charge in [0.1, 0.15) is 10.7 Å². The van der Waals surface area contributed by atoms with Crippen molar-refractivity contribution in [3.63, 3.8) is 0 Å². The lowest BCUT2D eigenvalue weighted by atomic mass is 10.1. The highest BCUT2D eigenvalue weighted by atomic mass is 32.2. The molecule has 0 saturated carbocycles. The maximum atomic E-state index is 12.4. The van der Waals surface area contributed by atoms with Gasteiger partial charge in [-0.2, -0.15) is 9.40 Å². The van der Waals surface area contributed by atoms with Gasteiger partial charge in [0.2, 0.25) is 10.0 Å². The van der Waals surface area contributed by atoms with Crippen LogP contribution in [0.1, 0.15) is 29.6 Å². The molecule has 2 aromatic heterocycles. The predicted molar refractivity (Wildman–Crippen MR) is 76.2 cm³/mol. The lowest BCUT2D eigenvalue weighted by Crippen LogP contribution is -2.28. The molecule has 1 saturated heterocycles. The molecule has 7 nitrogen and oxygen atoms in total. The quantitative estimate of drug-likeness (QED) is 0.913. The third-order valence-electron chi connectivity index (χ3n) is 3.63. The van der Waals surface area contributed by atoms with E-state index < -0.39 is 10.0 Å². The number of rotatable bonds is 3. The molecule has 21 heavy (non-hydrogen) atoms.